The monoisotopic (exact) mass is 227 g/mol. The van der Waals surface area contributed by atoms with Crippen LogP contribution in [0.15, 0.2) is 48.6 Å². The molecule has 0 saturated carbocycles. The molecule has 0 aliphatic heterocycles. The largest absolute Gasteiger partial charge is 0.385 e. The van der Waals surface area contributed by atoms with E-state index in [-0.39, 0.29) is 11.7 Å². The van der Waals surface area contributed by atoms with Gasteiger partial charge in [-0.3, -0.25) is 4.79 Å². The number of allylic oxidation sites excluding steroid dienone is 4. The van der Waals surface area contributed by atoms with E-state index >= 15 is 0 Å². The maximum Gasteiger partial charge on any atom is 0.145 e. The molecule has 0 amide bonds. The second kappa shape index (κ2) is 5.48. The summed E-state index contributed by atoms with van der Waals surface area (Å²) in [5, 5.41) is 3.27. The third-order valence-electron chi connectivity index (χ3n) is 2.84. The van der Waals surface area contributed by atoms with E-state index in [1.807, 2.05) is 36.4 Å². The molecule has 0 saturated heterocycles. The lowest BCUT2D eigenvalue weighted by Crippen LogP contribution is -2.14. The molecule has 0 spiro atoms. The van der Waals surface area contributed by atoms with Gasteiger partial charge in [0.2, 0.25) is 0 Å². The molecule has 0 fully saturated rings. The van der Waals surface area contributed by atoms with Gasteiger partial charge in [0.15, 0.2) is 0 Å². The van der Waals surface area contributed by atoms with Crippen LogP contribution in [0.5, 0.6) is 0 Å². The second-order valence-electron chi connectivity index (χ2n) is 4.31. The van der Waals surface area contributed by atoms with E-state index in [9.17, 15) is 4.79 Å². The first-order valence-corrected chi connectivity index (χ1v) is 5.94. The number of hydrogen-bond donors (Lipinski definition) is 1. The van der Waals surface area contributed by atoms with Crippen LogP contribution in [-0.2, 0) is 4.79 Å². The molecule has 1 aromatic carbocycles. The Hall–Kier alpha value is -1.83. The van der Waals surface area contributed by atoms with Gasteiger partial charge in [-0.05, 0) is 24.6 Å². The van der Waals surface area contributed by atoms with Crippen LogP contribution in [0.2, 0.25) is 0 Å². The van der Waals surface area contributed by atoms with Crippen molar-refractivity contribution in [3.63, 3.8) is 0 Å². The average Bonchev–Trinajstić information content (AvgIpc) is 2.82. The van der Waals surface area contributed by atoms with E-state index in [2.05, 4.69) is 24.4 Å². The van der Waals surface area contributed by atoms with Crippen molar-refractivity contribution in [3.05, 3.63) is 54.1 Å². The quantitative estimate of drug-likeness (QED) is 0.837. The maximum absolute atomic E-state index is 11.8. The lowest BCUT2D eigenvalue weighted by molar-refractivity contribution is -0.120. The third kappa shape index (κ3) is 3.31. The SMILES string of the molecule is Cc1cccc(NCCC(=O)C2C=CC=C2)c1. The first-order chi connectivity index (χ1) is 8.25. The highest BCUT2D eigenvalue weighted by molar-refractivity contribution is 5.85. The fraction of sp³-hybridized carbons (Fsp3) is 0.267. The first kappa shape index (κ1) is 11.6. The smallest absolute Gasteiger partial charge is 0.145 e. The predicted octanol–water partition coefficient (Wildman–Crippen LogP) is 3.11. The Morgan fingerprint density at radius 2 is 2.06 bits per heavy atom. The maximum atomic E-state index is 11.8. The van der Waals surface area contributed by atoms with E-state index in [4.69, 9.17) is 0 Å². The van der Waals surface area contributed by atoms with E-state index in [1.54, 1.807) is 0 Å². The molecule has 1 aliphatic rings. The molecule has 2 rings (SSSR count). The summed E-state index contributed by atoms with van der Waals surface area (Å²) in [7, 11) is 0. The van der Waals surface area contributed by atoms with Gasteiger partial charge in [0, 0.05) is 18.7 Å². The molecule has 0 aromatic heterocycles. The standard InChI is InChI=1S/C15H17NO/c1-12-5-4-8-14(11-12)16-10-9-15(17)13-6-2-3-7-13/h2-8,11,13,16H,9-10H2,1H3. The summed E-state index contributed by atoms with van der Waals surface area (Å²) >= 11 is 0. The van der Waals surface area contributed by atoms with E-state index in [0.717, 1.165) is 5.69 Å². The molecule has 0 bridgehead atoms. The fourth-order valence-corrected chi connectivity index (χ4v) is 1.90. The normalized spacial score (nSPS) is 14.2. The fourth-order valence-electron chi connectivity index (χ4n) is 1.90. The molecule has 2 nitrogen and oxygen atoms in total. The number of ketones is 1. The van der Waals surface area contributed by atoms with Crippen molar-refractivity contribution in [2.45, 2.75) is 13.3 Å². The Morgan fingerprint density at radius 3 is 2.76 bits per heavy atom. The van der Waals surface area contributed by atoms with Crippen molar-refractivity contribution in [1.29, 1.82) is 0 Å². The number of carbonyl (C=O) groups excluding carboxylic acids is 1. The Kier molecular flexibility index (Phi) is 3.76. The second-order valence-corrected chi connectivity index (χ2v) is 4.31. The van der Waals surface area contributed by atoms with Crippen LogP contribution in [0.4, 0.5) is 5.69 Å². The lowest BCUT2D eigenvalue weighted by Gasteiger charge is -2.08. The molecule has 1 aliphatic carbocycles. The highest BCUT2D eigenvalue weighted by Gasteiger charge is 2.13. The first-order valence-electron chi connectivity index (χ1n) is 5.94. The highest BCUT2D eigenvalue weighted by atomic mass is 16.1. The summed E-state index contributed by atoms with van der Waals surface area (Å²) in [5.41, 5.74) is 2.30. The van der Waals surface area contributed by atoms with Gasteiger partial charge in [-0.2, -0.15) is 0 Å². The number of aryl methyl sites for hydroxylation is 1. The van der Waals surface area contributed by atoms with E-state index in [1.165, 1.54) is 5.56 Å². The number of nitrogens with one attached hydrogen (secondary N) is 1. The van der Waals surface area contributed by atoms with Gasteiger partial charge < -0.3 is 5.32 Å². The lowest BCUT2D eigenvalue weighted by atomic mass is 10.0. The molecule has 88 valence electrons. The van der Waals surface area contributed by atoms with Gasteiger partial charge >= 0.3 is 0 Å². The van der Waals surface area contributed by atoms with E-state index in [0.29, 0.717) is 13.0 Å². The summed E-state index contributed by atoms with van der Waals surface area (Å²) in [6.07, 6.45) is 8.30. The Bertz CT molecular complexity index is 448. The topological polar surface area (TPSA) is 29.1 Å². The molecule has 17 heavy (non-hydrogen) atoms. The number of rotatable bonds is 5. The van der Waals surface area contributed by atoms with Crippen molar-refractivity contribution in [1.82, 2.24) is 0 Å². The van der Waals surface area contributed by atoms with Crippen LogP contribution in [0.25, 0.3) is 0 Å². The molecule has 1 N–H and O–H groups in total. The number of Topliss-reactive ketones (excluding diaryl/α,β-unsaturated/α-hetero) is 1. The van der Waals surface area contributed by atoms with Crippen molar-refractivity contribution in [2.75, 3.05) is 11.9 Å². The van der Waals surface area contributed by atoms with Crippen LogP contribution in [0.1, 0.15) is 12.0 Å². The van der Waals surface area contributed by atoms with Crippen LogP contribution in [0.3, 0.4) is 0 Å². The summed E-state index contributed by atoms with van der Waals surface area (Å²) in [6.45, 7) is 2.75. The molecule has 0 heterocycles. The van der Waals surface area contributed by atoms with Gasteiger partial charge in [0.25, 0.3) is 0 Å². The summed E-state index contributed by atoms with van der Waals surface area (Å²) in [4.78, 5) is 11.8. The Morgan fingerprint density at radius 1 is 1.29 bits per heavy atom. The Balaban J connectivity index is 1.78. The average molecular weight is 227 g/mol. The molecule has 0 atom stereocenters. The molecule has 1 aromatic rings. The van der Waals surface area contributed by atoms with Crippen molar-refractivity contribution >= 4 is 11.5 Å². The molecular formula is C15H17NO. The zero-order chi connectivity index (χ0) is 12.1. The van der Waals surface area contributed by atoms with Gasteiger partial charge in [0.1, 0.15) is 5.78 Å². The summed E-state index contributed by atoms with van der Waals surface area (Å²) in [6, 6.07) is 8.18. The molecular weight excluding hydrogens is 210 g/mol. The molecule has 0 radical (unpaired) electrons. The van der Waals surface area contributed by atoms with Crippen molar-refractivity contribution in [3.8, 4) is 0 Å². The molecule has 2 heteroatoms. The summed E-state index contributed by atoms with van der Waals surface area (Å²) in [5.74, 6) is 0.268. The van der Waals surface area contributed by atoms with E-state index < -0.39 is 0 Å². The third-order valence-corrected chi connectivity index (χ3v) is 2.84. The minimum absolute atomic E-state index is 0.00527. The Labute approximate surface area is 102 Å². The van der Waals surface area contributed by atoms with Crippen molar-refractivity contribution in [2.24, 2.45) is 5.92 Å². The number of benzene rings is 1. The predicted molar refractivity (Wildman–Crippen MR) is 71.1 cm³/mol. The number of carbonyl (C=O) groups is 1. The van der Waals surface area contributed by atoms with Gasteiger partial charge in [0.05, 0.1) is 5.92 Å². The van der Waals surface area contributed by atoms with Crippen LogP contribution < -0.4 is 5.32 Å². The highest BCUT2D eigenvalue weighted by Crippen LogP contribution is 2.13. The van der Waals surface area contributed by atoms with Gasteiger partial charge in [-0.15, -0.1) is 0 Å². The minimum atomic E-state index is -0.00527. The van der Waals surface area contributed by atoms with Gasteiger partial charge in [-0.25, -0.2) is 0 Å². The minimum Gasteiger partial charge on any atom is -0.385 e. The number of hydrogen-bond acceptors (Lipinski definition) is 2. The number of anilines is 1. The van der Waals surface area contributed by atoms with Crippen LogP contribution in [-0.4, -0.2) is 12.3 Å². The zero-order valence-electron chi connectivity index (χ0n) is 10.0. The zero-order valence-corrected chi connectivity index (χ0v) is 10.0. The van der Waals surface area contributed by atoms with Crippen molar-refractivity contribution < 1.29 is 4.79 Å². The van der Waals surface area contributed by atoms with Gasteiger partial charge in [-0.1, -0.05) is 36.4 Å². The van der Waals surface area contributed by atoms with Crippen LogP contribution in [0, 0.1) is 12.8 Å². The van der Waals surface area contributed by atoms with Crippen LogP contribution >= 0.6 is 0 Å². The summed E-state index contributed by atoms with van der Waals surface area (Å²) < 4.78 is 0. The molecule has 0 unspecified atom stereocenters.